The predicted octanol–water partition coefficient (Wildman–Crippen LogP) is 1.72. The van der Waals surface area contributed by atoms with Crippen LogP contribution in [0.25, 0.3) is 0 Å². The molecule has 0 bridgehead atoms. The number of benzene rings is 1. The number of hydrogen-bond donors (Lipinski definition) is 0. The maximum absolute atomic E-state index is 10.7. The van der Waals surface area contributed by atoms with Crippen molar-refractivity contribution in [2.75, 3.05) is 11.4 Å². The van der Waals surface area contributed by atoms with Crippen molar-refractivity contribution >= 4 is 12.0 Å². The van der Waals surface area contributed by atoms with Crippen molar-refractivity contribution in [2.24, 2.45) is 0 Å². The Morgan fingerprint density at radius 3 is 2.76 bits per heavy atom. The van der Waals surface area contributed by atoms with Crippen molar-refractivity contribution in [3.05, 3.63) is 47.8 Å². The van der Waals surface area contributed by atoms with Crippen LogP contribution in [0.4, 0.5) is 5.69 Å². The number of carbonyl (C=O) groups is 1. The van der Waals surface area contributed by atoms with E-state index in [1.165, 1.54) is 5.69 Å². The van der Waals surface area contributed by atoms with Gasteiger partial charge < -0.3 is 4.90 Å². The van der Waals surface area contributed by atoms with E-state index in [4.69, 9.17) is 0 Å². The molecule has 0 atom stereocenters. The molecule has 0 fully saturated rings. The lowest BCUT2D eigenvalue weighted by atomic mass is 10.2. The fourth-order valence-corrected chi connectivity index (χ4v) is 2.21. The van der Waals surface area contributed by atoms with Crippen LogP contribution in [0.1, 0.15) is 16.2 Å². The Kier molecular flexibility index (Phi) is 2.40. The van der Waals surface area contributed by atoms with Crippen LogP contribution in [0.3, 0.4) is 0 Å². The zero-order chi connectivity index (χ0) is 11.7. The summed E-state index contributed by atoms with van der Waals surface area (Å²) < 4.78 is 1.92. The van der Waals surface area contributed by atoms with Gasteiger partial charge in [0.05, 0.1) is 18.8 Å². The van der Waals surface area contributed by atoms with Gasteiger partial charge in [-0.1, -0.05) is 18.2 Å². The summed E-state index contributed by atoms with van der Waals surface area (Å²) in [5.74, 6) is 0. The molecule has 0 N–H and O–H groups in total. The highest BCUT2D eigenvalue weighted by Crippen LogP contribution is 2.20. The number of carbonyl (C=O) groups excluding carboxylic acids is 1. The Bertz CT molecular complexity index is 533. The molecule has 0 aliphatic carbocycles. The minimum atomic E-state index is 0.523. The van der Waals surface area contributed by atoms with E-state index in [1.54, 1.807) is 0 Å². The Morgan fingerprint density at radius 1 is 1.18 bits per heavy atom. The third-order valence-corrected chi connectivity index (χ3v) is 3.06. The van der Waals surface area contributed by atoms with Gasteiger partial charge in [0.25, 0.3) is 0 Å². The molecular formula is C13H13N3O. The van der Waals surface area contributed by atoms with E-state index in [1.807, 2.05) is 28.9 Å². The van der Waals surface area contributed by atoms with E-state index in [2.05, 4.69) is 22.1 Å². The van der Waals surface area contributed by atoms with E-state index in [0.29, 0.717) is 5.69 Å². The first-order chi connectivity index (χ1) is 8.36. The van der Waals surface area contributed by atoms with Crippen LogP contribution in [0, 0.1) is 0 Å². The molecule has 3 rings (SSSR count). The summed E-state index contributed by atoms with van der Waals surface area (Å²) in [6.07, 6.45) is 0.804. The van der Waals surface area contributed by atoms with Gasteiger partial charge in [0, 0.05) is 12.2 Å². The van der Waals surface area contributed by atoms with Gasteiger partial charge in [0.2, 0.25) is 0 Å². The molecule has 1 aliphatic heterocycles. The highest BCUT2D eigenvalue weighted by molar-refractivity contribution is 5.71. The van der Waals surface area contributed by atoms with Crippen LogP contribution in [-0.2, 0) is 13.1 Å². The number of aromatic nitrogens is 2. The predicted molar refractivity (Wildman–Crippen MR) is 65.1 cm³/mol. The van der Waals surface area contributed by atoms with Gasteiger partial charge in [0.15, 0.2) is 6.29 Å². The van der Waals surface area contributed by atoms with Crippen molar-refractivity contribution in [3.8, 4) is 0 Å². The largest absolute Gasteiger partial charge is 0.364 e. The average Bonchev–Trinajstić information content (AvgIpc) is 2.81. The van der Waals surface area contributed by atoms with E-state index >= 15 is 0 Å². The van der Waals surface area contributed by atoms with E-state index in [0.717, 1.165) is 31.6 Å². The van der Waals surface area contributed by atoms with E-state index in [-0.39, 0.29) is 0 Å². The third kappa shape index (κ3) is 1.82. The smallest absolute Gasteiger partial charge is 0.170 e. The number of nitrogens with zero attached hydrogens (tertiary/aromatic N) is 3. The number of rotatable bonds is 2. The quantitative estimate of drug-likeness (QED) is 0.733. The van der Waals surface area contributed by atoms with Crippen molar-refractivity contribution in [2.45, 2.75) is 13.1 Å². The second-order valence-electron chi connectivity index (χ2n) is 4.16. The molecule has 17 heavy (non-hydrogen) atoms. The fourth-order valence-electron chi connectivity index (χ4n) is 2.21. The van der Waals surface area contributed by atoms with Crippen LogP contribution in [0.2, 0.25) is 0 Å². The van der Waals surface area contributed by atoms with Crippen LogP contribution in [-0.4, -0.2) is 22.6 Å². The molecular weight excluding hydrogens is 214 g/mol. The molecule has 0 unspecified atom stereocenters. The van der Waals surface area contributed by atoms with Crippen molar-refractivity contribution in [1.82, 2.24) is 9.78 Å². The zero-order valence-electron chi connectivity index (χ0n) is 9.41. The lowest BCUT2D eigenvalue weighted by Gasteiger charge is -2.29. The van der Waals surface area contributed by atoms with Gasteiger partial charge >= 0.3 is 0 Å². The van der Waals surface area contributed by atoms with Crippen LogP contribution in [0.15, 0.2) is 36.4 Å². The molecule has 1 aromatic carbocycles. The van der Waals surface area contributed by atoms with Gasteiger partial charge in [-0.05, 0) is 18.2 Å². The zero-order valence-corrected chi connectivity index (χ0v) is 9.41. The summed E-state index contributed by atoms with van der Waals surface area (Å²) in [4.78, 5) is 13.0. The minimum absolute atomic E-state index is 0.523. The van der Waals surface area contributed by atoms with Gasteiger partial charge in [-0.25, -0.2) is 0 Å². The summed E-state index contributed by atoms with van der Waals surface area (Å²) in [7, 11) is 0. The fraction of sp³-hybridized carbons (Fsp3) is 0.231. The van der Waals surface area contributed by atoms with Gasteiger partial charge in [-0.2, -0.15) is 5.10 Å². The van der Waals surface area contributed by atoms with Crippen molar-refractivity contribution in [3.63, 3.8) is 0 Å². The molecule has 2 heterocycles. The number of para-hydroxylation sites is 1. The number of aldehydes is 1. The molecule has 1 aromatic heterocycles. The SMILES string of the molecule is O=Cc1cc2n(n1)CCN(c1ccccc1)C2. The van der Waals surface area contributed by atoms with Crippen LogP contribution >= 0.6 is 0 Å². The second kappa shape index (κ2) is 4.05. The Hall–Kier alpha value is -2.10. The van der Waals surface area contributed by atoms with Crippen molar-refractivity contribution < 1.29 is 4.79 Å². The maximum Gasteiger partial charge on any atom is 0.170 e. The highest BCUT2D eigenvalue weighted by atomic mass is 16.1. The van der Waals surface area contributed by atoms with Gasteiger partial charge in [-0.15, -0.1) is 0 Å². The normalized spacial score (nSPS) is 14.5. The molecule has 4 heteroatoms. The topological polar surface area (TPSA) is 38.1 Å². The molecule has 2 aromatic rings. The van der Waals surface area contributed by atoms with Crippen molar-refractivity contribution in [1.29, 1.82) is 0 Å². The Balaban J connectivity index is 1.87. The number of anilines is 1. The molecule has 0 saturated heterocycles. The second-order valence-corrected chi connectivity index (χ2v) is 4.16. The van der Waals surface area contributed by atoms with Crippen LogP contribution in [0.5, 0.6) is 0 Å². The summed E-state index contributed by atoms with van der Waals surface area (Å²) in [5.41, 5.74) is 2.84. The Morgan fingerprint density at radius 2 is 2.00 bits per heavy atom. The molecule has 0 radical (unpaired) electrons. The molecule has 1 aliphatic rings. The first-order valence-electron chi connectivity index (χ1n) is 5.69. The molecule has 4 nitrogen and oxygen atoms in total. The highest BCUT2D eigenvalue weighted by Gasteiger charge is 2.18. The monoisotopic (exact) mass is 227 g/mol. The maximum atomic E-state index is 10.7. The lowest BCUT2D eigenvalue weighted by molar-refractivity contribution is 0.111. The first kappa shape index (κ1) is 10.1. The minimum Gasteiger partial charge on any atom is -0.364 e. The van der Waals surface area contributed by atoms with E-state index in [9.17, 15) is 4.79 Å². The van der Waals surface area contributed by atoms with Gasteiger partial charge in [-0.3, -0.25) is 9.48 Å². The standard InChI is InChI=1S/C13H13N3O/c17-10-11-8-13-9-15(6-7-16(13)14-11)12-4-2-1-3-5-12/h1-5,8,10H,6-7,9H2. The van der Waals surface area contributed by atoms with Gasteiger partial charge in [0.1, 0.15) is 5.69 Å². The summed E-state index contributed by atoms with van der Waals surface area (Å²) >= 11 is 0. The lowest BCUT2D eigenvalue weighted by Crippen LogP contribution is -2.33. The molecule has 0 saturated carbocycles. The summed E-state index contributed by atoms with van der Waals surface area (Å²) in [5, 5.41) is 4.22. The molecule has 0 amide bonds. The Labute approximate surface area is 99.5 Å². The third-order valence-electron chi connectivity index (χ3n) is 3.06. The number of fused-ring (bicyclic) bond motifs is 1. The first-order valence-corrected chi connectivity index (χ1v) is 5.69. The molecule has 0 spiro atoms. The molecule has 86 valence electrons. The number of hydrogen-bond acceptors (Lipinski definition) is 3. The average molecular weight is 227 g/mol. The van der Waals surface area contributed by atoms with E-state index < -0.39 is 0 Å². The summed E-state index contributed by atoms with van der Waals surface area (Å²) in [6.45, 7) is 2.57. The summed E-state index contributed by atoms with van der Waals surface area (Å²) in [6, 6.07) is 12.2. The van der Waals surface area contributed by atoms with Crippen LogP contribution < -0.4 is 4.90 Å².